The molecule has 4 rings (SSSR count). The number of hydrogen-bond donors (Lipinski definition) is 2. The molecule has 1 spiro atoms. The first-order chi connectivity index (χ1) is 11.8. The second-order valence-corrected chi connectivity index (χ2v) is 6.67. The first-order valence-electron chi connectivity index (χ1n) is 8.72. The van der Waals surface area contributed by atoms with Crippen LogP contribution in [0.1, 0.15) is 18.4 Å². The van der Waals surface area contributed by atoms with Crippen molar-refractivity contribution < 1.29 is 4.79 Å². The zero-order valence-corrected chi connectivity index (χ0v) is 13.8. The van der Waals surface area contributed by atoms with Gasteiger partial charge in [0.15, 0.2) is 0 Å². The van der Waals surface area contributed by atoms with Crippen molar-refractivity contribution in [2.24, 2.45) is 0 Å². The van der Waals surface area contributed by atoms with E-state index in [0.717, 1.165) is 50.3 Å². The number of hydrogen-bond acceptors (Lipinski definition) is 3. The van der Waals surface area contributed by atoms with Crippen LogP contribution in [0.5, 0.6) is 0 Å². The van der Waals surface area contributed by atoms with Gasteiger partial charge in [-0.25, -0.2) is 0 Å². The third-order valence-corrected chi connectivity index (χ3v) is 5.15. The highest BCUT2D eigenvalue weighted by atomic mass is 16.2. The number of rotatable bonds is 3. The summed E-state index contributed by atoms with van der Waals surface area (Å²) >= 11 is 0. The lowest BCUT2D eigenvalue weighted by Crippen LogP contribution is -2.61. The van der Waals surface area contributed by atoms with Gasteiger partial charge >= 0.3 is 0 Å². The summed E-state index contributed by atoms with van der Waals surface area (Å²) in [4.78, 5) is 15.3. The Bertz CT molecular complexity index is 723. The zero-order chi connectivity index (χ0) is 16.4. The number of piperidine rings is 1. The molecule has 2 heterocycles. The summed E-state index contributed by atoms with van der Waals surface area (Å²) < 4.78 is 0. The van der Waals surface area contributed by atoms with E-state index in [1.54, 1.807) is 0 Å². The van der Waals surface area contributed by atoms with Crippen molar-refractivity contribution in [3.8, 4) is 0 Å². The predicted molar refractivity (Wildman–Crippen MR) is 97.4 cm³/mol. The molecule has 2 aliphatic heterocycles. The molecule has 1 fully saturated rings. The van der Waals surface area contributed by atoms with Gasteiger partial charge < -0.3 is 15.5 Å². The van der Waals surface area contributed by atoms with E-state index in [9.17, 15) is 4.79 Å². The minimum absolute atomic E-state index is 0.221. The minimum Gasteiger partial charge on any atom is -0.369 e. The minimum atomic E-state index is -0.448. The molecular weight excluding hydrogens is 298 g/mol. The molecule has 1 amide bonds. The molecule has 124 valence electrons. The van der Waals surface area contributed by atoms with Crippen molar-refractivity contribution in [1.29, 1.82) is 0 Å². The van der Waals surface area contributed by atoms with Crippen LogP contribution in [0.3, 0.4) is 0 Å². The Labute approximate surface area is 142 Å². The molecule has 2 N–H and O–H groups in total. The molecule has 0 aromatic heterocycles. The van der Waals surface area contributed by atoms with Crippen LogP contribution in [0, 0.1) is 0 Å². The van der Waals surface area contributed by atoms with Gasteiger partial charge in [-0.2, -0.15) is 0 Å². The summed E-state index contributed by atoms with van der Waals surface area (Å²) in [5, 5.41) is 6.92. The van der Waals surface area contributed by atoms with Crippen LogP contribution < -0.4 is 15.5 Å². The van der Waals surface area contributed by atoms with E-state index in [0.29, 0.717) is 0 Å². The molecule has 4 heteroatoms. The Morgan fingerprint density at radius 3 is 2.46 bits per heavy atom. The topological polar surface area (TPSA) is 44.4 Å². The Morgan fingerprint density at radius 2 is 1.67 bits per heavy atom. The van der Waals surface area contributed by atoms with Gasteiger partial charge in [0.2, 0.25) is 0 Å². The molecule has 1 saturated heterocycles. The van der Waals surface area contributed by atoms with Gasteiger partial charge in [0.05, 0.1) is 11.4 Å². The fraction of sp³-hybridized carbons (Fsp3) is 0.350. The highest BCUT2D eigenvalue weighted by Gasteiger charge is 2.46. The van der Waals surface area contributed by atoms with E-state index in [4.69, 9.17) is 0 Å². The number of amides is 1. The van der Waals surface area contributed by atoms with Gasteiger partial charge in [0.1, 0.15) is 5.54 Å². The predicted octanol–water partition coefficient (Wildman–Crippen LogP) is 2.81. The van der Waals surface area contributed by atoms with Crippen molar-refractivity contribution in [2.75, 3.05) is 29.9 Å². The third kappa shape index (κ3) is 2.67. The summed E-state index contributed by atoms with van der Waals surface area (Å²) in [5.41, 5.74) is 2.89. The van der Waals surface area contributed by atoms with Crippen molar-refractivity contribution in [3.05, 3.63) is 60.2 Å². The maximum Gasteiger partial charge on any atom is 0.252 e. The van der Waals surface area contributed by atoms with Crippen LogP contribution in [-0.4, -0.2) is 31.1 Å². The van der Waals surface area contributed by atoms with E-state index in [1.807, 2.05) is 29.2 Å². The molecule has 0 saturated carbocycles. The van der Waals surface area contributed by atoms with Crippen LogP contribution in [0.25, 0.3) is 0 Å². The average Bonchev–Trinajstić information content (AvgIpc) is 2.64. The van der Waals surface area contributed by atoms with E-state index in [1.165, 1.54) is 5.56 Å². The SMILES string of the molecule is O=C1N(CCc2ccccc2)c2ccccc2NC12CCNCC2. The van der Waals surface area contributed by atoms with Crippen LogP contribution in [0.15, 0.2) is 54.6 Å². The Balaban J connectivity index is 1.64. The number of benzene rings is 2. The summed E-state index contributed by atoms with van der Waals surface area (Å²) in [6.07, 6.45) is 2.54. The average molecular weight is 321 g/mol. The highest BCUT2D eigenvalue weighted by molar-refractivity contribution is 6.08. The van der Waals surface area contributed by atoms with Crippen molar-refractivity contribution in [1.82, 2.24) is 5.32 Å². The molecule has 4 nitrogen and oxygen atoms in total. The van der Waals surface area contributed by atoms with Crippen LogP contribution in [0.2, 0.25) is 0 Å². The number of para-hydroxylation sites is 2. The number of carbonyl (C=O) groups excluding carboxylic acids is 1. The molecule has 24 heavy (non-hydrogen) atoms. The highest BCUT2D eigenvalue weighted by Crippen LogP contribution is 2.38. The first-order valence-corrected chi connectivity index (χ1v) is 8.72. The van der Waals surface area contributed by atoms with Gasteiger partial charge in [-0.3, -0.25) is 4.79 Å². The number of fused-ring (bicyclic) bond motifs is 1. The smallest absolute Gasteiger partial charge is 0.252 e. The Morgan fingerprint density at radius 1 is 0.958 bits per heavy atom. The van der Waals surface area contributed by atoms with Crippen molar-refractivity contribution in [3.63, 3.8) is 0 Å². The molecule has 0 aliphatic carbocycles. The third-order valence-electron chi connectivity index (χ3n) is 5.15. The normalized spacial score (nSPS) is 19.0. The number of nitrogens with zero attached hydrogens (tertiary/aromatic N) is 1. The van der Waals surface area contributed by atoms with E-state index in [-0.39, 0.29) is 5.91 Å². The molecule has 0 bridgehead atoms. The van der Waals surface area contributed by atoms with Crippen LogP contribution in [-0.2, 0) is 11.2 Å². The molecule has 0 atom stereocenters. The quantitative estimate of drug-likeness (QED) is 0.914. The summed E-state index contributed by atoms with van der Waals surface area (Å²) in [5.74, 6) is 0.221. The number of anilines is 2. The maximum atomic E-state index is 13.3. The van der Waals surface area contributed by atoms with Gasteiger partial charge in [-0.05, 0) is 50.0 Å². The van der Waals surface area contributed by atoms with Gasteiger partial charge in [0.25, 0.3) is 5.91 Å². The molecule has 2 aliphatic rings. The zero-order valence-electron chi connectivity index (χ0n) is 13.8. The first kappa shape index (κ1) is 15.2. The number of nitrogens with one attached hydrogen (secondary N) is 2. The lowest BCUT2D eigenvalue weighted by atomic mass is 9.84. The maximum absolute atomic E-state index is 13.3. The monoisotopic (exact) mass is 321 g/mol. The Kier molecular flexibility index (Phi) is 3.98. The summed E-state index contributed by atoms with van der Waals surface area (Å²) in [6, 6.07) is 18.5. The molecule has 2 aromatic rings. The van der Waals surface area contributed by atoms with Crippen LogP contribution >= 0.6 is 0 Å². The summed E-state index contributed by atoms with van der Waals surface area (Å²) in [6.45, 7) is 2.48. The molecular formula is C20H23N3O. The fourth-order valence-electron chi connectivity index (χ4n) is 3.79. The van der Waals surface area contributed by atoms with Gasteiger partial charge in [-0.1, -0.05) is 42.5 Å². The van der Waals surface area contributed by atoms with Crippen molar-refractivity contribution in [2.45, 2.75) is 24.8 Å². The second kappa shape index (κ2) is 6.29. The van der Waals surface area contributed by atoms with E-state index < -0.39 is 5.54 Å². The summed E-state index contributed by atoms with van der Waals surface area (Å²) in [7, 11) is 0. The molecule has 0 unspecified atom stereocenters. The largest absolute Gasteiger partial charge is 0.369 e. The van der Waals surface area contributed by atoms with Crippen molar-refractivity contribution >= 4 is 17.3 Å². The standard InChI is InChI=1S/C20H23N3O/c24-19-20(11-13-21-14-12-20)22-17-8-4-5-9-18(17)23(19)15-10-16-6-2-1-3-7-16/h1-9,21-22H,10-15H2. The number of carbonyl (C=O) groups is 1. The van der Waals surface area contributed by atoms with E-state index >= 15 is 0 Å². The van der Waals surface area contributed by atoms with E-state index in [2.05, 4.69) is 41.0 Å². The van der Waals surface area contributed by atoms with Gasteiger partial charge in [-0.15, -0.1) is 0 Å². The lowest BCUT2D eigenvalue weighted by Gasteiger charge is -2.46. The molecule has 0 radical (unpaired) electrons. The van der Waals surface area contributed by atoms with Gasteiger partial charge in [0, 0.05) is 6.54 Å². The second-order valence-electron chi connectivity index (χ2n) is 6.67. The molecule has 2 aromatic carbocycles. The van der Waals surface area contributed by atoms with Crippen LogP contribution in [0.4, 0.5) is 11.4 Å². The fourth-order valence-corrected chi connectivity index (χ4v) is 3.79. The lowest BCUT2D eigenvalue weighted by molar-refractivity contribution is -0.124. The Hall–Kier alpha value is -2.33.